The molecule has 1 aromatic rings. The Morgan fingerprint density at radius 2 is 2.15 bits per heavy atom. The van der Waals surface area contributed by atoms with Crippen LogP contribution in [0.2, 0.25) is 0 Å². The third kappa shape index (κ3) is 2.28. The van der Waals surface area contributed by atoms with Gasteiger partial charge in [-0.05, 0) is 26.0 Å². The molecule has 13 heavy (non-hydrogen) atoms. The molecule has 0 bridgehead atoms. The Bertz CT molecular complexity index is 282. The van der Waals surface area contributed by atoms with Crippen LogP contribution in [-0.4, -0.2) is 28.9 Å². The van der Waals surface area contributed by atoms with Crippen LogP contribution >= 0.6 is 0 Å². The molecule has 0 saturated carbocycles. The van der Waals surface area contributed by atoms with Crippen molar-refractivity contribution in [3.05, 3.63) is 30.1 Å². The fourth-order valence-corrected chi connectivity index (χ4v) is 0.904. The number of pyridine rings is 1. The van der Waals surface area contributed by atoms with Crippen molar-refractivity contribution in [2.75, 3.05) is 7.05 Å². The van der Waals surface area contributed by atoms with E-state index in [1.807, 2.05) is 19.9 Å². The summed E-state index contributed by atoms with van der Waals surface area (Å²) in [5.74, 6) is -0.0319. The Labute approximate surface area is 78.4 Å². The van der Waals surface area contributed by atoms with Gasteiger partial charge in [-0.2, -0.15) is 0 Å². The van der Waals surface area contributed by atoms with Gasteiger partial charge in [0.1, 0.15) is 5.69 Å². The number of amides is 1. The normalized spacial score (nSPS) is 10.2. The highest BCUT2D eigenvalue weighted by molar-refractivity contribution is 5.92. The molecule has 0 saturated heterocycles. The molecule has 0 aliphatic rings. The van der Waals surface area contributed by atoms with Gasteiger partial charge >= 0.3 is 0 Å². The maximum Gasteiger partial charge on any atom is 0.272 e. The number of rotatable bonds is 2. The molecule has 3 heteroatoms. The van der Waals surface area contributed by atoms with Crippen LogP contribution in [0.15, 0.2) is 24.4 Å². The van der Waals surface area contributed by atoms with Crippen LogP contribution in [0.1, 0.15) is 24.3 Å². The Balaban J connectivity index is 2.80. The van der Waals surface area contributed by atoms with E-state index in [-0.39, 0.29) is 11.9 Å². The van der Waals surface area contributed by atoms with E-state index < -0.39 is 0 Å². The van der Waals surface area contributed by atoms with E-state index >= 15 is 0 Å². The number of nitrogens with zero attached hydrogens (tertiary/aromatic N) is 2. The van der Waals surface area contributed by atoms with E-state index in [2.05, 4.69) is 4.98 Å². The first-order chi connectivity index (χ1) is 6.13. The molecular weight excluding hydrogens is 164 g/mol. The zero-order chi connectivity index (χ0) is 9.84. The fourth-order valence-electron chi connectivity index (χ4n) is 0.904. The predicted octanol–water partition coefficient (Wildman–Crippen LogP) is 1.56. The lowest BCUT2D eigenvalue weighted by Gasteiger charge is -2.20. The number of carbonyl (C=O) groups is 1. The molecular formula is C10H14N2O. The topological polar surface area (TPSA) is 33.2 Å². The van der Waals surface area contributed by atoms with Crippen molar-refractivity contribution in [3.63, 3.8) is 0 Å². The summed E-state index contributed by atoms with van der Waals surface area (Å²) in [4.78, 5) is 17.3. The Kier molecular flexibility index (Phi) is 3.01. The molecule has 1 aromatic heterocycles. The monoisotopic (exact) mass is 178 g/mol. The van der Waals surface area contributed by atoms with Crippen molar-refractivity contribution in [1.29, 1.82) is 0 Å². The summed E-state index contributed by atoms with van der Waals surface area (Å²) in [6, 6.07) is 5.54. The van der Waals surface area contributed by atoms with E-state index in [1.165, 1.54) is 0 Å². The van der Waals surface area contributed by atoms with Crippen LogP contribution in [-0.2, 0) is 0 Å². The molecule has 0 aromatic carbocycles. The van der Waals surface area contributed by atoms with Crippen LogP contribution < -0.4 is 0 Å². The molecule has 0 atom stereocenters. The fraction of sp³-hybridized carbons (Fsp3) is 0.400. The first kappa shape index (κ1) is 9.71. The molecule has 1 heterocycles. The first-order valence-electron chi connectivity index (χ1n) is 4.31. The van der Waals surface area contributed by atoms with Gasteiger partial charge in [0.05, 0.1) is 0 Å². The minimum absolute atomic E-state index is 0.0319. The van der Waals surface area contributed by atoms with E-state index in [0.717, 1.165) is 0 Å². The number of hydrogen-bond donors (Lipinski definition) is 0. The summed E-state index contributed by atoms with van der Waals surface area (Å²) in [7, 11) is 1.78. The summed E-state index contributed by atoms with van der Waals surface area (Å²) < 4.78 is 0. The van der Waals surface area contributed by atoms with Gasteiger partial charge in [0, 0.05) is 19.3 Å². The lowest BCUT2D eigenvalue weighted by atomic mass is 10.3. The minimum atomic E-state index is -0.0319. The summed E-state index contributed by atoms with van der Waals surface area (Å²) in [5, 5.41) is 0. The van der Waals surface area contributed by atoms with Gasteiger partial charge in [-0.3, -0.25) is 9.78 Å². The molecule has 0 radical (unpaired) electrons. The molecule has 0 aliphatic carbocycles. The van der Waals surface area contributed by atoms with Crippen LogP contribution in [0, 0.1) is 0 Å². The number of aromatic nitrogens is 1. The van der Waals surface area contributed by atoms with Crippen LogP contribution in [0.3, 0.4) is 0 Å². The SMILES string of the molecule is CC(C)N(C)C(=O)c1ccccn1. The Hall–Kier alpha value is -1.38. The second-order valence-corrected chi connectivity index (χ2v) is 3.22. The Morgan fingerprint density at radius 3 is 2.62 bits per heavy atom. The van der Waals surface area contributed by atoms with Crippen molar-refractivity contribution in [1.82, 2.24) is 9.88 Å². The highest BCUT2D eigenvalue weighted by atomic mass is 16.2. The minimum Gasteiger partial charge on any atom is -0.338 e. The maximum absolute atomic E-state index is 11.6. The molecule has 70 valence electrons. The van der Waals surface area contributed by atoms with E-state index in [9.17, 15) is 4.79 Å². The number of carbonyl (C=O) groups excluding carboxylic acids is 1. The smallest absolute Gasteiger partial charge is 0.272 e. The van der Waals surface area contributed by atoms with Gasteiger partial charge in [-0.1, -0.05) is 6.07 Å². The second kappa shape index (κ2) is 4.03. The van der Waals surface area contributed by atoms with Crippen molar-refractivity contribution >= 4 is 5.91 Å². The van der Waals surface area contributed by atoms with Crippen molar-refractivity contribution in [2.24, 2.45) is 0 Å². The van der Waals surface area contributed by atoms with E-state index in [4.69, 9.17) is 0 Å². The summed E-state index contributed by atoms with van der Waals surface area (Å²) >= 11 is 0. The molecule has 3 nitrogen and oxygen atoms in total. The van der Waals surface area contributed by atoms with Crippen molar-refractivity contribution in [2.45, 2.75) is 19.9 Å². The highest BCUT2D eigenvalue weighted by Gasteiger charge is 2.14. The zero-order valence-electron chi connectivity index (χ0n) is 8.19. The van der Waals surface area contributed by atoms with E-state index in [0.29, 0.717) is 5.69 Å². The van der Waals surface area contributed by atoms with Gasteiger partial charge < -0.3 is 4.90 Å². The summed E-state index contributed by atoms with van der Waals surface area (Å²) in [6.07, 6.45) is 1.63. The average molecular weight is 178 g/mol. The molecule has 0 spiro atoms. The van der Waals surface area contributed by atoms with E-state index in [1.54, 1.807) is 30.3 Å². The van der Waals surface area contributed by atoms with Crippen LogP contribution in [0.4, 0.5) is 0 Å². The standard InChI is InChI=1S/C10H14N2O/c1-8(2)12(3)10(13)9-6-4-5-7-11-9/h4-8H,1-3H3. The highest BCUT2D eigenvalue weighted by Crippen LogP contribution is 2.02. The van der Waals surface area contributed by atoms with Crippen molar-refractivity contribution < 1.29 is 4.79 Å². The third-order valence-corrected chi connectivity index (χ3v) is 1.98. The lowest BCUT2D eigenvalue weighted by molar-refractivity contribution is 0.0749. The molecule has 0 aliphatic heterocycles. The lowest BCUT2D eigenvalue weighted by Crippen LogP contribution is -2.33. The number of hydrogen-bond acceptors (Lipinski definition) is 2. The predicted molar refractivity (Wildman–Crippen MR) is 51.5 cm³/mol. The molecule has 0 N–H and O–H groups in total. The van der Waals surface area contributed by atoms with Gasteiger partial charge in [0.2, 0.25) is 0 Å². The largest absolute Gasteiger partial charge is 0.338 e. The summed E-state index contributed by atoms with van der Waals surface area (Å²) in [5.41, 5.74) is 0.499. The third-order valence-electron chi connectivity index (χ3n) is 1.98. The molecule has 1 amide bonds. The maximum atomic E-state index is 11.6. The van der Waals surface area contributed by atoms with Crippen LogP contribution in [0.25, 0.3) is 0 Å². The molecule has 1 rings (SSSR count). The Morgan fingerprint density at radius 1 is 1.46 bits per heavy atom. The van der Waals surface area contributed by atoms with Gasteiger partial charge in [-0.25, -0.2) is 0 Å². The van der Waals surface area contributed by atoms with Crippen molar-refractivity contribution in [3.8, 4) is 0 Å². The molecule has 0 fully saturated rings. The average Bonchev–Trinajstić information content (AvgIpc) is 2.17. The van der Waals surface area contributed by atoms with Gasteiger partial charge in [0.15, 0.2) is 0 Å². The first-order valence-corrected chi connectivity index (χ1v) is 4.31. The van der Waals surface area contributed by atoms with Gasteiger partial charge in [0.25, 0.3) is 5.91 Å². The second-order valence-electron chi connectivity index (χ2n) is 3.22. The summed E-state index contributed by atoms with van der Waals surface area (Å²) in [6.45, 7) is 3.95. The van der Waals surface area contributed by atoms with Gasteiger partial charge in [-0.15, -0.1) is 0 Å². The van der Waals surface area contributed by atoms with Crippen LogP contribution in [0.5, 0.6) is 0 Å². The quantitative estimate of drug-likeness (QED) is 0.688. The zero-order valence-corrected chi connectivity index (χ0v) is 8.19. The molecule has 0 unspecified atom stereocenters.